The number of rotatable bonds is 7. The van der Waals surface area contributed by atoms with Crippen LogP contribution in [0.15, 0.2) is 53.8 Å². The number of nitrogens with one attached hydrogen (secondary N) is 2. The molecule has 6 heteroatoms. The quantitative estimate of drug-likeness (QED) is 0.302. The first-order valence-electron chi connectivity index (χ1n) is 8.30. The minimum Gasteiger partial charge on any atom is -0.356 e. The summed E-state index contributed by atoms with van der Waals surface area (Å²) in [6, 6.07) is 12.7. The van der Waals surface area contributed by atoms with E-state index in [1.165, 1.54) is 18.4 Å². The molecule has 1 aliphatic carbocycles. The van der Waals surface area contributed by atoms with Crippen LogP contribution in [-0.2, 0) is 12.0 Å². The Balaban J connectivity index is 0.00000208. The monoisotopic (exact) mass is 439 g/mol. The van der Waals surface area contributed by atoms with Crippen molar-refractivity contribution in [2.24, 2.45) is 4.99 Å². The number of hydrogen-bond donors (Lipinski definition) is 2. The Bertz CT molecular complexity index is 620. The highest BCUT2D eigenvalue weighted by Crippen LogP contribution is 2.47. The van der Waals surface area contributed by atoms with Crippen molar-refractivity contribution in [2.45, 2.75) is 31.2 Å². The Morgan fingerprint density at radius 2 is 2.00 bits per heavy atom. The van der Waals surface area contributed by atoms with Crippen LogP contribution in [-0.4, -0.2) is 35.9 Å². The zero-order chi connectivity index (χ0) is 16.0. The molecule has 0 aliphatic heterocycles. The minimum atomic E-state index is 0. The average molecular weight is 439 g/mol. The molecule has 0 saturated heterocycles. The number of halogens is 1. The Labute approximate surface area is 161 Å². The summed E-state index contributed by atoms with van der Waals surface area (Å²) in [4.78, 5) is 4.32. The molecule has 1 fully saturated rings. The third-order valence-electron chi connectivity index (χ3n) is 4.47. The largest absolute Gasteiger partial charge is 0.356 e. The molecule has 2 aromatic rings. The second kappa shape index (κ2) is 9.05. The van der Waals surface area contributed by atoms with Crippen molar-refractivity contribution in [3.05, 3.63) is 54.4 Å². The highest BCUT2D eigenvalue weighted by Gasteiger charge is 2.43. The van der Waals surface area contributed by atoms with Gasteiger partial charge >= 0.3 is 0 Å². The van der Waals surface area contributed by atoms with Crippen LogP contribution in [0.4, 0.5) is 0 Å². The van der Waals surface area contributed by atoms with Gasteiger partial charge in [-0.3, -0.25) is 9.67 Å². The van der Waals surface area contributed by atoms with Crippen molar-refractivity contribution in [1.29, 1.82) is 0 Å². The first kappa shape index (κ1) is 18.8. The lowest BCUT2D eigenvalue weighted by Crippen LogP contribution is -2.41. The van der Waals surface area contributed by atoms with Crippen LogP contribution < -0.4 is 10.6 Å². The average Bonchev–Trinajstić information content (AvgIpc) is 3.21. The summed E-state index contributed by atoms with van der Waals surface area (Å²) in [7, 11) is 1.82. The van der Waals surface area contributed by atoms with E-state index in [-0.39, 0.29) is 24.0 Å². The molecule has 1 aliphatic rings. The second-order valence-electron chi connectivity index (χ2n) is 6.12. The van der Waals surface area contributed by atoms with Gasteiger partial charge in [0.2, 0.25) is 0 Å². The van der Waals surface area contributed by atoms with Gasteiger partial charge in [-0.1, -0.05) is 30.3 Å². The Morgan fingerprint density at radius 1 is 1.21 bits per heavy atom. The second-order valence-corrected chi connectivity index (χ2v) is 6.12. The number of nitrogens with zero attached hydrogens (tertiary/aromatic N) is 3. The highest BCUT2D eigenvalue weighted by atomic mass is 127. The molecule has 0 unspecified atom stereocenters. The molecule has 0 bridgehead atoms. The number of guanidine groups is 1. The lowest BCUT2D eigenvalue weighted by atomic mass is 9.96. The molecule has 0 atom stereocenters. The molecule has 130 valence electrons. The van der Waals surface area contributed by atoms with Gasteiger partial charge in [0.25, 0.3) is 0 Å². The lowest BCUT2D eigenvalue weighted by Gasteiger charge is -2.19. The number of hydrogen-bond acceptors (Lipinski definition) is 2. The van der Waals surface area contributed by atoms with Crippen LogP contribution in [0, 0.1) is 0 Å². The predicted octanol–water partition coefficient (Wildman–Crippen LogP) is 2.79. The maximum atomic E-state index is 4.32. The first-order chi connectivity index (χ1) is 11.3. The third kappa shape index (κ3) is 4.96. The molecule has 0 spiro atoms. The summed E-state index contributed by atoms with van der Waals surface area (Å²) in [6.07, 6.45) is 7.32. The predicted molar refractivity (Wildman–Crippen MR) is 109 cm³/mol. The number of aryl methyl sites for hydroxylation is 1. The molecular weight excluding hydrogens is 413 g/mol. The van der Waals surface area contributed by atoms with Crippen LogP contribution in [0.1, 0.15) is 24.8 Å². The van der Waals surface area contributed by atoms with E-state index in [2.05, 4.69) is 51.1 Å². The Morgan fingerprint density at radius 3 is 2.62 bits per heavy atom. The van der Waals surface area contributed by atoms with Gasteiger partial charge in [0.05, 0.1) is 0 Å². The van der Waals surface area contributed by atoms with E-state index in [0.717, 1.165) is 32.0 Å². The molecule has 2 N–H and O–H groups in total. The van der Waals surface area contributed by atoms with Crippen molar-refractivity contribution in [3.63, 3.8) is 0 Å². The molecule has 0 radical (unpaired) electrons. The van der Waals surface area contributed by atoms with Gasteiger partial charge in [-0.25, -0.2) is 0 Å². The number of benzene rings is 1. The van der Waals surface area contributed by atoms with Crippen molar-refractivity contribution in [2.75, 3.05) is 20.1 Å². The van der Waals surface area contributed by atoms with E-state index in [4.69, 9.17) is 0 Å². The fourth-order valence-corrected chi connectivity index (χ4v) is 2.86. The van der Waals surface area contributed by atoms with Crippen molar-refractivity contribution >= 4 is 29.9 Å². The standard InChI is InChI=1S/C18H25N5.HI/c1-19-17(20-11-5-13-23-14-6-12-22-23)21-15-18(9-10-18)16-7-3-2-4-8-16;/h2-4,6-8,12,14H,5,9-11,13,15H2,1H3,(H2,19,20,21);1H. The van der Waals surface area contributed by atoms with E-state index in [9.17, 15) is 0 Å². The summed E-state index contributed by atoms with van der Waals surface area (Å²) < 4.78 is 1.95. The van der Waals surface area contributed by atoms with Gasteiger partial charge in [-0.05, 0) is 30.9 Å². The van der Waals surface area contributed by atoms with Gasteiger partial charge in [0.1, 0.15) is 0 Å². The zero-order valence-corrected chi connectivity index (χ0v) is 16.4. The molecule has 1 aromatic carbocycles. The fourth-order valence-electron chi connectivity index (χ4n) is 2.86. The normalized spacial score (nSPS) is 15.5. The molecular formula is C18H26IN5. The molecule has 5 nitrogen and oxygen atoms in total. The van der Waals surface area contributed by atoms with Gasteiger partial charge in [-0.15, -0.1) is 24.0 Å². The van der Waals surface area contributed by atoms with Crippen LogP contribution in [0.25, 0.3) is 0 Å². The number of aliphatic imine (C=N–C) groups is 1. The summed E-state index contributed by atoms with van der Waals surface area (Å²) in [5, 5.41) is 11.1. The van der Waals surface area contributed by atoms with Crippen molar-refractivity contribution in [3.8, 4) is 0 Å². The van der Waals surface area contributed by atoms with Crippen LogP contribution in [0.5, 0.6) is 0 Å². The summed E-state index contributed by atoms with van der Waals surface area (Å²) in [5.74, 6) is 0.882. The van der Waals surface area contributed by atoms with Crippen LogP contribution in [0.2, 0.25) is 0 Å². The van der Waals surface area contributed by atoms with Gasteiger partial charge in [-0.2, -0.15) is 5.10 Å². The zero-order valence-electron chi connectivity index (χ0n) is 14.1. The fraction of sp³-hybridized carbons (Fsp3) is 0.444. The van der Waals surface area contributed by atoms with Crippen LogP contribution >= 0.6 is 24.0 Å². The van der Waals surface area contributed by atoms with Gasteiger partial charge in [0, 0.05) is 44.5 Å². The van der Waals surface area contributed by atoms with Gasteiger partial charge < -0.3 is 10.6 Å². The third-order valence-corrected chi connectivity index (χ3v) is 4.47. The van der Waals surface area contributed by atoms with E-state index >= 15 is 0 Å². The van der Waals surface area contributed by atoms with E-state index < -0.39 is 0 Å². The maximum Gasteiger partial charge on any atom is 0.191 e. The van der Waals surface area contributed by atoms with E-state index in [1.807, 2.05) is 30.2 Å². The van der Waals surface area contributed by atoms with E-state index in [1.54, 1.807) is 0 Å². The van der Waals surface area contributed by atoms with Crippen molar-refractivity contribution in [1.82, 2.24) is 20.4 Å². The van der Waals surface area contributed by atoms with E-state index in [0.29, 0.717) is 5.41 Å². The Kier molecular flexibility index (Phi) is 7.08. The Hall–Kier alpha value is -1.57. The maximum absolute atomic E-state index is 4.32. The molecule has 24 heavy (non-hydrogen) atoms. The SMILES string of the molecule is CN=C(NCCCn1cccn1)NCC1(c2ccccc2)CC1.I. The molecule has 1 saturated carbocycles. The molecule has 3 rings (SSSR count). The lowest BCUT2D eigenvalue weighted by molar-refractivity contribution is 0.567. The molecule has 1 aromatic heterocycles. The summed E-state index contributed by atoms with van der Waals surface area (Å²) >= 11 is 0. The topological polar surface area (TPSA) is 54.2 Å². The highest BCUT2D eigenvalue weighted by molar-refractivity contribution is 14.0. The molecule has 0 amide bonds. The minimum absolute atomic E-state index is 0. The van der Waals surface area contributed by atoms with Crippen molar-refractivity contribution < 1.29 is 0 Å². The molecule has 1 heterocycles. The first-order valence-corrected chi connectivity index (χ1v) is 8.30. The van der Waals surface area contributed by atoms with Crippen LogP contribution in [0.3, 0.4) is 0 Å². The number of aromatic nitrogens is 2. The summed E-state index contributed by atoms with van der Waals surface area (Å²) in [5.41, 5.74) is 1.73. The van der Waals surface area contributed by atoms with Gasteiger partial charge in [0.15, 0.2) is 5.96 Å². The smallest absolute Gasteiger partial charge is 0.191 e. The summed E-state index contributed by atoms with van der Waals surface area (Å²) in [6.45, 7) is 2.75.